The number of nitrogens with two attached hydrogens (primary N) is 1. The molecular weight excluding hydrogens is 166 g/mol. The molecule has 1 heterocycles. The van der Waals surface area contributed by atoms with Crippen molar-refractivity contribution < 1.29 is 0 Å². The molecule has 0 spiro atoms. The minimum Gasteiger partial charge on any atom is -0.327 e. The maximum Gasteiger partial charge on any atom is 0.0102 e. The monoisotopic (exact) mass is 181 g/mol. The lowest BCUT2D eigenvalue weighted by Gasteiger charge is -2.50. The lowest BCUT2D eigenvalue weighted by molar-refractivity contribution is 0.0987. The molecule has 1 nitrogen and oxygen atoms in total. The van der Waals surface area contributed by atoms with Gasteiger partial charge in [0, 0.05) is 6.04 Å². The maximum atomic E-state index is 5.96. The molecule has 0 amide bonds. The van der Waals surface area contributed by atoms with E-state index in [0.717, 1.165) is 6.42 Å². The van der Waals surface area contributed by atoms with Gasteiger partial charge in [-0.25, -0.2) is 0 Å². The van der Waals surface area contributed by atoms with E-state index in [1.807, 2.05) is 0 Å². The summed E-state index contributed by atoms with van der Waals surface area (Å²) in [4.78, 5) is 0. The van der Waals surface area contributed by atoms with Gasteiger partial charge < -0.3 is 5.73 Å². The molecule has 2 rings (SSSR count). The Morgan fingerprint density at radius 2 is 2.33 bits per heavy atom. The number of hydrogen-bond donors (Lipinski definition) is 1. The molecule has 0 aromatic carbocycles. The molecule has 1 aromatic heterocycles. The average molecular weight is 181 g/mol. The number of hydrogen-bond acceptors (Lipinski definition) is 2. The van der Waals surface area contributed by atoms with E-state index in [9.17, 15) is 0 Å². The van der Waals surface area contributed by atoms with Gasteiger partial charge in [0.15, 0.2) is 0 Å². The summed E-state index contributed by atoms with van der Waals surface area (Å²) in [6.45, 7) is 4.53. The summed E-state index contributed by atoms with van der Waals surface area (Å²) in [5, 5.41) is 4.40. The fourth-order valence-electron chi connectivity index (χ4n) is 2.00. The van der Waals surface area contributed by atoms with Crippen molar-refractivity contribution in [3.8, 4) is 0 Å². The Morgan fingerprint density at radius 3 is 2.75 bits per heavy atom. The van der Waals surface area contributed by atoms with Gasteiger partial charge in [0.1, 0.15) is 0 Å². The topological polar surface area (TPSA) is 26.0 Å². The Hall–Kier alpha value is -0.340. The van der Waals surface area contributed by atoms with Crippen molar-refractivity contribution in [1.82, 2.24) is 0 Å². The minimum atomic E-state index is 0.307. The lowest BCUT2D eigenvalue weighted by atomic mass is 9.57. The van der Waals surface area contributed by atoms with Crippen molar-refractivity contribution in [3.63, 3.8) is 0 Å². The third-order valence-electron chi connectivity index (χ3n) is 3.29. The summed E-state index contributed by atoms with van der Waals surface area (Å²) in [5.41, 5.74) is 7.74. The highest BCUT2D eigenvalue weighted by Gasteiger charge is 2.46. The quantitative estimate of drug-likeness (QED) is 0.708. The van der Waals surface area contributed by atoms with Crippen LogP contribution in [0.1, 0.15) is 31.7 Å². The highest BCUT2D eigenvalue weighted by atomic mass is 32.1. The smallest absolute Gasteiger partial charge is 0.0102 e. The molecule has 2 N–H and O–H groups in total. The van der Waals surface area contributed by atoms with Crippen molar-refractivity contribution in [2.75, 3.05) is 0 Å². The molecule has 2 heteroatoms. The minimum absolute atomic E-state index is 0.307. The highest BCUT2D eigenvalue weighted by molar-refractivity contribution is 7.07. The van der Waals surface area contributed by atoms with Crippen LogP contribution in [0.3, 0.4) is 0 Å². The van der Waals surface area contributed by atoms with Gasteiger partial charge in [-0.2, -0.15) is 11.3 Å². The third-order valence-corrected chi connectivity index (χ3v) is 3.99. The zero-order valence-corrected chi connectivity index (χ0v) is 8.40. The zero-order chi connectivity index (χ0) is 8.77. The van der Waals surface area contributed by atoms with E-state index in [1.54, 1.807) is 11.3 Å². The third kappa shape index (κ3) is 1.02. The van der Waals surface area contributed by atoms with Gasteiger partial charge in [0.2, 0.25) is 0 Å². The van der Waals surface area contributed by atoms with Gasteiger partial charge in [0.05, 0.1) is 0 Å². The fourth-order valence-corrected chi connectivity index (χ4v) is 2.71. The lowest BCUT2D eigenvalue weighted by Crippen LogP contribution is -2.52. The molecule has 0 saturated heterocycles. The Bertz CT molecular complexity index is 263. The van der Waals surface area contributed by atoms with Gasteiger partial charge in [-0.15, -0.1) is 0 Å². The van der Waals surface area contributed by atoms with Crippen molar-refractivity contribution >= 4 is 11.3 Å². The van der Waals surface area contributed by atoms with E-state index in [1.165, 1.54) is 5.56 Å². The summed E-state index contributed by atoms with van der Waals surface area (Å²) in [6.07, 6.45) is 1.16. The summed E-state index contributed by atoms with van der Waals surface area (Å²) in [6, 6.07) is 2.62. The molecule has 0 bridgehead atoms. The Labute approximate surface area is 77.6 Å². The maximum absolute atomic E-state index is 5.96. The molecule has 2 atom stereocenters. The standard InChI is InChI=1S/C10H15NS/c1-10(2)8(5-9(10)11)7-3-4-12-6-7/h3-4,6,8-9H,5,11H2,1-2H3. The molecule has 1 aliphatic rings. The van der Waals surface area contributed by atoms with E-state index in [0.29, 0.717) is 17.4 Å². The second-order valence-corrected chi connectivity index (χ2v) is 5.05. The first-order valence-corrected chi connectivity index (χ1v) is 5.34. The number of thiophene rings is 1. The van der Waals surface area contributed by atoms with Crippen molar-refractivity contribution in [2.24, 2.45) is 11.1 Å². The second-order valence-electron chi connectivity index (χ2n) is 4.27. The normalized spacial score (nSPS) is 32.9. The Morgan fingerprint density at radius 1 is 1.58 bits per heavy atom. The molecule has 0 aliphatic heterocycles. The summed E-state index contributed by atoms with van der Waals surface area (Å²) in [5.74, 6) is 0.693. The van der Waals surface area contributed by atoms with E-state index < -0.39 is 0 Å². The molecule has 12 heavy (non-hydrogen) atoms. The summed E-state index contributed by atoms with van der Waals surface area (Å²) in [7, 11) is 0. The predicted molar refractivity (Wildman–Crippen MR) is 53.4 cm³/mol. The molecule has 1 saturated carbocycles. The molecule has 0 radical (unpaired) electrons. The van der Waals surface area contributed by atoms with Crippen LogP contribution in [0.15, 0.2) is 16.8 Å². The predicted octanol–water partition coefficient (Wildman–Crippen LogP) is 2.59. The second kappa shape index (κ2) is 2.57. The van der Waals surface area contributed by atoms with Crippen molar-refractivity contribution in [3.05, 3.63) is 22.4 Å². The molecule has 1 aliphatic carbocycles. The van der Waals surface area contributed by atoms with E-state index in [4.69, 9.17) is 5.73 Å². The van der Waals surface area contributed by atoms with Gasteiger partial charge in [0.25, 0.3) is 0 Å². The first-order chi connectivity index (χ1) is 5.62. The van der Waals surface area contributed by atoms with E-state index in [-0.39, 0.29) is 0 Å². The highest BCUT2D eigenvalue weighted by Crippen LogP contribution is 2.51. The Balaban J connectivity index is 2.19. The van der Waals surface area contributed by atoms with Crippen LogP contribution < -0.4 is 5.73 Å². The molecular formula is C10H15NS. The van der Waals surface area contributed by atoms with Gasteiger partial charge in [-0.3, -0.25) is 0 Å². The van der Waals surface area contributed by atoms with Crippen LogP contribution in [-0.2, 0) is 0 Å². The van der Waals surface area contributed by atoms with Crippen LogP contribution in [0.5, 0.6) is 0 Å². The fraction of sp³-hybridized carbons (Fsp3) is 0.600. The van der Waals surface area contributed by atoms with Crippen LogP contribution in [0.25, 0.3) is 0 Å². The van der Waals surface area contributed by atoms with Gasteiger partial charge in [-0.1, -0.05) is 13.8 Å². The molecule has 1 aromatic rings. The van der Waals surface area contributed by atoms with Crippen molar-refractivity contribution in [1.29, 1.82) is 0 Å². The van der Waals surface area contributed by atoms with Gasteiger partial charge in [-0.05, 0) is 40.1 Å². The van der Waals surface area contributed by atoms with Crippen molar-refractivity contribution in [2.45, 2.75) is 32.2 Å². The van der Waals surface area contributed by atoms with Crippen LogP contribution in [0, 0.1) is 5.41 Å². The average Bonchev–Trinajstić information content (AvgIpc) is 2.51. The molecule has 1 fully saturated rings. The first kappa shape index (κ1) is 8.27. The first-order valence-electron chi connectivity index (χ1n) is 4.40. The van der Waals surface area contributed by atoms with Crippen LogP contribution in [0.2, 0.25) is 0 Å². The summed E-state index contributed by atoms with van der Waals surface area (Å²) < 4.78 is 0. The van der Waals surface area contributed by atoms with Crippen LogP contribution in [0.4, 0.5) is 0 Å². The van der Waals surface area contributed by atoms with E-state index in [2.05, 4.69) is 30.7 Å². The van der Waals surface area contributed by atoms with Gasteiger partial charge >= 0.3 is 0 Å². The molecule has 66 valence electrons. The Kier molecular flexibility index (Phi) is 1.77. The summed E-state index contributed by atoms with van der Waals surface area (Å²) >= 11 is 1.78. The zero-order valence-electron chi connectivity index (χ0n) is 7.58. The number of rotatable bonds is 1. The van der Waals surface area contributed by atoms with Crippen LogP contribution in [-0.4, -0.2) is 6.04 Å². The van der Waals surface area contributed by atoms with Crippen LogP contribution >= 0.6 is 11.3 Å². The molecule has 2 unspecified atom stereocenters. The van der Waals surface area contributed by atoms with E-state index >= 15 is 0 Å². The largest absolute Gasteiger partial charge is 0.327 e. The SMILES string of the molecule is CC1(C)C(N)CC1c1ccsc1.